The van der Waals surface area contributed by atoms with Crippen LogP contribution in [0.4, 0.5) is 5.69 Å². The van der Waals surface area contributed by atoms with Crippen molar-refractivity contribution in [1.29, 1.82) is 5.41 Å². The van der Waals surface area contributed by atoms with E-state index in [1.807, 2.05) is 25.1 Å². The van der Waals surface area contributed by atoms with Gasteiger partial charge in [0.25, 0.3) is 0 Å². The fraction of sp³-hybridized carbons (Fsp3) is 0.400. The summed E-state index contributed by atoms with van der Waals surface area (Å²) in [5.74, 6) is 0. The molecule has 2 rings (SSSR count). The van der Waals surface area contributed by atoms with E-state index in [0.29, 0.717) is 5.71 Å². The number of allylic oxidation sites excluding steroid dienone is 1. The highest BCUT2D eigenvalue weighted by molar-refractivity contribution is 6.13. The molecule has 0 atom stereocenters. The molecule has 1 aromatic carbocycles. The molecule has 3 heteroatoms. The van der Waals surface area contributed by atoms with Crippen LogP contribution in [0, 0.1) is 12.3 Å². The molecule has 3 N–H and O–H groups in total. The maximum Gasteiger partial charge on any atom is 0.0662 e. The van der Waals surface area contributed by atoms with Crippen molar-refractivity contribution in [2.75, 3.05) is 25.9 Å². The SMILES string of the molecule is Cc1cccc(C(=N)C2=CCN(C)CCC2)c1N. The second-order valence-electron chi connectivity index (χ2n) is 5.01. The van der Waals surface area contributed by atoms with Gasteiger partial charge in [0.2, 0.25) is 0 Å². The summed E-state index contributed by atoms with van der Waals surface area (Å²) in [6.45, 7) is 4.00. The molecule has 0 saturated carbocycles. The molecule has 0 aliphatic carbocycles. The Hall–Kier alpha value is -1.61. The smallest absolute Gasteiger partial charge is 0.0662 e. The molecule has 0 unspecified atom stereocenters. The molecule has 0 fully saturated rings. The van der Waals surface area contributed by atoms with Gasteiger partial charge in [-0.05, 0) is 44.5 Å². The number of para-hydroxylation sites is 1. The Morgan fingerprint density at radius 3 is 2.94 bits per heavy atom. The number of aryl methyl sites for hydroxylation is 1. The van der Waals surface area contributed by atoms with Crippen LogP contribution >= 0.6 is 0 Å². The molecular weight excluding hydrogens is 222 g/mol. The van der Waals surface area contributed by atoms with Gasteiger partial charge in [-0.2, -0.15) is 0 Å². The Balaban J connectivity index is 2.28. The first kappa shape index (κ1) is 12.8. The molecule has 96 valence electrons. The van der Waals surface area contributed by atoms with Gasteiger partial charge in [-0.3, -0.25) is 5.41 Å². The first-order valence-electron chi connectivity index (χ1n) is 6.41. The number of nitrogens with two attached hydrogens (primary N) is 1. The van der Waals surface area contributed by atoms with Gasteiger partial charge in [0.15, 0.2) is 0 Å². The maximum atomic E-state index is 8.36. The van der Waals surface area contributed by atoms with Crippen LogP contribution < -0.4 is 5.73 Å². The topological polar surface area (TPSA) is 53.1 Å². The summed E-state index contributed by atoms with van der Waals surface area (Å²) in [6.07, 6.45) is 4.24. The zero-order chi connectivity index (χ0) is 13.1. The third kappa shape index (κ3) is 2.62. The molecule has 0 aromatic heterocycles. The normalized spacial score (nSPS) is 17.1. The minimum absolute atomic E-state index is 0.589. The first-order chi connectivity index (χ1) is 8.59. The van der Waals surface area contributed by atoms with Crippen LogP contribution in [0.2, 0.25) is 0 Å². The van der Waals surface area contributed by atoms with E-state index in [2.05, 4.69) is 18.0 Å². The van der Waals surface area contributed by atoms with E-state index in [1.54, 1.807) is 0 Å². The highest BCUT2D eigenvalue weighted by atomic mass is 15.1. The summed E-state index contributed by atoms with van der Waals surface area (Å²) in [5, 5.41) is 8.36. The molecule has 18 heavy (non-hydrogen) atoms. The zero-order valence-corrected chi connectivity index (χ0v) is 11.2. The van der Waals surface area contributed by atoms with Gasteiger partial charge in [0.1, 0.15) is 0 Å². The van der Waals surface area contributed by atoms with E-state index in [9.17, 15) is 0 Å². The van der Waals surface area contributed by atoms with Gasteiger partial charge in [-0.25, -0.2) is 0 Å². The van der Waals surface area contributed by atoms with E-state index in [-0.39, 0.29) is 0 Å². The second kappa shape index (κ2) is 5.36. The molecular formula is C15H21N3. The lowest BCUT2D eigenvalue weighted by Crippen LogP contribution is -2.17. The summed E-state index contributed by atoms with van der Waals surface area (Å²) in [4.78, 5) is 2.28. The molecule has 0 saturated heterocycles. The van der Waals surface area contributed by atoms with Crippen molar-refractivity contribution in [2.24, 2.45) is 0 Å². The minimum atomic E-state index is 0.589. The average Bonchev–Trinajstić information content (AvgIpc) is 2.57. The van der Waals surface area contributed by atoms with Crippen molar-refractivity contribution in [3.63, 3.8) is 0 Å². The highest BCUT2D eigenvalue weighted by Crippen LogP contribution is 2.22. The van der Waals surface area contributed by atoms with Crippen molar-refractivity contribution in [3.05, 3.63) is 41.0 Å². The number of anilines is 1. The van der Waals surface area contributed by atoms with Crippen LogP contribution in [0.1, 0.15) is 24.0 Å². The molecule has 0 bridgehead atoms. The van der Waals surface area contributed by atoms with Crippen molar-refractivity contribution in [3.8, 4) is 0 Å². The lowest BCUT2D eigenvalue weighted by atomic mass is 9.96. The van der Waals surface area contributed by atoms with Crippen LogP contribution in [0.15, 0.2) is 29.8 Å². The van der Waals surface area contributed by atoms with Crippen LogP contribution in [0.5, 0.6) is 0 Å². The third-order valence-electron chi connectivity index (χ3n) is 3.55. The molecule has 3 nitrogen and oxygen atoms in total. The fourth-order valence-electron chi connectivity index (χ4n) is 2.30. The molecule has 1 heterocycles. The summed E-state index contributed by atoms with van der Waals surface area (Å²) >= 11 is 0. The second-order valence-corrected chi connectivity index (χ2v) is 5.01. The van der Waals surface area contributed by atoms with Crippen molar-refractivity contribution in [1.82, 2.24) is 4.90 Å². The minimum Gasteiger partial charge on any atom is -0.398 e. The predicted octanol–water partition coefficient (Wildman–Crippen LogP) is 2.60. The number of nitrogen functional groups attached to an aromatic ring is 1. The molecule has 1 aromatic rings. The number of benzene rings is 1. The lowest BCUT2D eigenvalue weighted by Gasteiger charge is -2.12. The van der Waals surface area contributed by atoms with Crippen LogP contribution in [-0.2, 0) is 0 Å². The van der Waals surface area contributed by atoms with Crippen molar-refractivity contribution >= 4 is 11.4 Å². The number of hydrogen-bond donors (Lipinski definition) is 2. The first-order valence-corrected chi connectivity index (χ1v) is 6.41. The Morgan fingerprint density at radius 1 is 1.39 bits per heavy atom. The summed E-state index contributed by atoms with van der Waals surface area (Å²) in [7, 11) is 2.12. The Labute approximate surface area is 109 Å². The van der Waals surface area contributed by atoms with Crippen LogP contribution in [0.25, 0.3) is 0 Å². The molecule has 0 spiro atoms. The van der Waals surface area contributed by atoms with E-state index in [1.165, 1.54) is 0 Å². The summed E-state index contributed by atoms with van der Waals surface area (Å²) in [5.41, 5.74) is 10.4. The van der Waals surface area contributed by atoms with E-state index < -0.39 is 0 Å². The maximum absolute atomic E-state index is 8.36. The number of likely N-dealkylation sites (N-methyl/N-ethyl adjacent to an activating group) is 1. The Kier molecular flexibility index (Phi) is 3.82. The summed E-state index contributed by atoms with van der Waals surface area (Å²) in [6, 6.07) is 5.90. The number of hydrogen-bond acceptors (Lipinski definition) is 3. The Bertz CT molecular complexity index is 489. The summed E-state index contributed by atoms with van der Waals surface area (Å²) < 4.78 is 0. The highest BCUT2D eigenvalue weighted by Gasteiger charge is 2.14. The van der Waals surface area contributed by atoms with Crippen LogP contribution in [0.3, 0.4) is 0 Å². The van der Waals surface area contributed by atoms with Gasteiger partial charge in [0.05, 0.1) is 5.71 Å². The van der Waals surface area contributed by atoms with E-state index in [0.717, 1.165) is 48.3 Å². The zero-order valence-electron chi connectivity index (χ0n) is 11.2. The van der Waals surface area contributed by atoms with Crippen molar-refractivity contribution in [2.45, 2.75) is 19.8 Å². The monoisotopic (exact) mass is 243 g/mol. The molecule has 1 aliphatic rings. The average molecular weight is 243 g/mol. The predicted molar refractivity (Wildman–Crippen MR) is 77.2 cm³/mol. The van der Waals surface area contributed by atoms with E-state index in [4.69, 9.17) is 11.1 Å². The fourth-order valence-corrected chi connectivity index (χ4v) is 2.30. The van der Waals surface area contributed by atoms with Gasteiger partial charge in [-0.1, -0.05) is 24.3 Å². The number of nitrogens with one attached hydrogen (secondary N) is 1. The Morgan fingerprint density at radius 2 is 2.17 bits per heavy atom. The molecule has 0 amide bonds. The van der Waals surface area contributed by atoms with Gasteiger partial charge in [-0.15, -0.1) is 0 Å². The molecule has 0 radical (unpaired) electrons. The lowest BCUT2D eigenvalue weighted by molar-refractivity contribution is 0.372. The number of rotatable bonds is 2. The molecule has 1 aliphatic heterocycles. The largest absolute Gasteiger partial charge is 0.398 e. The quantitative estimate of drug-likeness (QED) is 0.619. The third-order valence-corrected chi connectivity index (χ3v) is 3.55. The van der Waals surface area contributed by atoms with Crippen molar-refractivity contribution < 1.29 is 0 Å². The van der Waals surface area contributed by atoms with Gasteiger partial charge < -0.3 is 10.6 Å². The standard InChI is InChI=1S/C15H21N3/c1-11-5-3-7-13(14(11)16)15(17)12-6-4-9-18(2)10-8-12/h3,5,7-8,17H,4,6,9-10,16H2,1-2H3. The van der Waals surface area contributed by atoms with Crippen LogP contribution in [-0.4, -0.2) is 30.7 Å². The van der Waals surface area contributed by atoms with Gasteiger partial charge in [0, 0.05) is 17.8 Å². The number of nitrogens with zero attached hydrogens (tertiary/aromatic N) is 1. The van der Waals surface area contributed by atoms with E-state index >= 15 is 0 Å². The van der Waals surface area contributed by atoms with Gasteiger partial charge >= 0.3 is 0 Å².